The molecular formula is C13H27Cl2O3P. The van der Waals surface area contributed by atoms with Gasteiger partial charge in [-0.2, -0.15) is 0 Å². The van der Waals surface area contributed by atoms with Gasteiger partial charge in [-0.05, 0) is 40.5 Å². The van der Waals surface area contributed by atoms with Crippen molar-refractivity contribution < 1.29 is 13.6 Å². The molecule has 0 rings (SSSR count). The highest BCUT2D eigenvalue weighted by atomic mass is 35.5. The van der Waals surface area contributed by atoms with Crippen molar-refractivity contribution in [1.29, 1.82) is 0 Å². The Morgan fingerprint density at radius 3 is 1.84 bits per heavy atom. The summed E-state index contributed by atoms with van der Waals surface area (Å²) in [6.07, 6.45) is 3.97. The second kappa shape index (κ2) is 8.89. The van der Waals surface area contributed by atoms with E-state index in [0.717, 1.165) is 25.7 Å². The predicted molar refractivity (Wildman–Crippen MR) is 83.2 cm³/mol. The van der Waals surface area contributed by atoms with Crippen molar-refractivity contribution in [3.05, 3.63) is 0 Å². The van der Waals surface area contributed by atoms with E-state index in [2.05, 4.69) is 6.92 Å². The number of alkyl halides is 2. The molecule has 0 atom stereocenters. The Morgan fingerprint density at radius 2 is 1.47 bits per heavy atom. The van der Waals surface area contributed by atoms with Gasteiger partial charge >= 0.3 is 7.60 Å². The van der Waals surface area contributed by atoms with Gasteiger partial charge in [-0.3, -0.25) is 4.57 Å². The fraction of sp³-hybridized carbons (Fsp3) is 1.00. The van der Waals surface area contributed by atoms with Crippen molar-refractivity contribution in [3.63, 3.8) is 0 Å². The van der Waals surface area contributed by atoms with Crippen LogP contribution in [0.15, 0.2) is 0 Å². The fourth-order valence-electron chi connectivity index (χ4n) is 1.64. The number of hydrogen-bond donors (Lipinski definition) is 0. The minimum Gasteiger partial charge on any atom is -0.304 e. The summed E-state index contributed by atoms with van der Waals surface area (Å²) >= 11 is 12.5. The Kier molecular flexibility index (Phi) is 9.24. The zero-order chi connectivity index (χ0) is 15.1. The molecule has 0 fully saturated rings. The molecular weight excluding hydrogens is 306 g/mol. The maximum Gasteiger partial charge on any atom is 0.366 e. The van der Waals surface area contributed by atoms with Crippen LogP contribution in [-0.4, -0.2) is 16.3 Å². The van der Waals surface area contributed by atoms with Crippen molar-refractivity contribution in [3.8, 4) is 0 Å². The van der Waals surface area contributed by atoms with E-state index >= 15 is 0 Å². The van der Waals surface area contributed by atoms with E-state index in [4.69, 9.17) is 32.2 Å². The summed E-state index contributed by atoms with van der Waals surface area (Å²) in [5, 5.41) is 0. The highest BCUT2D eigenvalue weighted by molar-refractivity contribution is 7.60. The summed E-state index contributed by atoms with van der Waals surface area (Å²) in [6.45, 7) is 9.28. The van der Waals surface area contributed by atoms with Crippen LogP contribution < -0.4 is 0 Å². The molecule has 0 bridgehead atoms. The Hall–Kier alpha value is 0.730. The van der Waals surface area contributed by atoms with Gasteiger partial charge in [0, 0.05) is 0 Å². The topological polar surface area (TPSA) is 35.5 Å². The summed E-state index contributed by atoms with van der Waals surface area (Å²) in [5.74, 6) is 0. The molecule has 0 aromatic heterocycles. The maximum absolute atomic E-state index is 12.8. The lowest BCUT2D eigenvalue weighted by Gasteiger charge is -2.31. The lowest BCUT2D eigenvalue weighted by atomic mass is 10.2. The molecule has 0 heterocycles. The van der Waals surface area contributed by atoms with E-state index in [1.54, 1.807) is 27.7 Å². The summed E-state index contributed by atoms with van der Waals surface area (Å²) in [7, 11) is -3.55. The first kappa shape index (κ1) is 19.7. The van der Waals surface area contributed by atoms with Crippen LogP contribution in [0.2, 0.25) is 0 Å². The van der Waals surface area contributed by atoms with Gasteiger partial charge in [0.1, 0.15) is 0 Å². The zero-order valence-electron chi connectivity index (χ0n) is 12.6. The van der Waals surface area contributed by atoms with E-state index in [1.165, 1.54) is 0 Å². The minimum absolute atomic E-state index is 0.253. The molecule has 0 aliphatic carbocycles. The standard InChI is InChI=1S/C13H27Cl2O3P/c1-6-7-8-9-10-13(14,15)19(16,17-11(2)3)18-12(4)5/h11-12H,6-10H2,1-5H3. The number of unbranched alkanes of at least 4 members (excludes halogenated alkanes) is 3. The van der Waals surface area contributed by atoms with Crippen LogP contribution >= 0.6 is 30.8 Å². The quantitative estimate of drug-likeness (QED) is 0.274. The molecule has 0 N–H and O–H groups in total. The molecule has 0 spiro atoms. The third kappa shape index (κ3) is 7.34. The van der Waals surface area contributed by atoms with Crippen molar-refractivity contribution in [2.75, 3.05) is 0 Å². The number of rotatable bonds is 10. The van der Waals surface area contributed by atoms with Gasteiger partial charge in [-0.15, -0.1) is 0 Å². The molecule has 0 amide bonds. The summed E-state index contributed by atoms with van der Waals surface area (Å²) in [6, 6.07) is 0. The van der Waals surface area contributed by atoms with Gasteiger partial charge in [-0.25, -0.2) is 0 Å². The summed E-state index contributed by atoms with van der Waals surface area (Å²) in [4.78, 5) is 0. The SMILES string of the molecule is CCCCCCC(Cl)(Cl)P(=O)(OC(C)C)OC(C)C. The second-order valence-electron chi connectivity index (χ2n) is 5.28. The van der Waals surface area contributed by atoms with Gasteiger partial charge in [0.25, 0.3) is 0 Å². The largest absolute Gasteiger partial charge is 0.366 e. The van der Waals surface area contributed by atoms with E-state index < -0.39 is 11.7 Å². The fourth-order valence-corrected chi connectivity index (χ4v) is 4.28. The average molecular weight is 333 g/mol. The molecule has 0 radical (unpaired) electrons. The molecule has 0 unspecified atom stereocenters. The molecule has 6 heteroatoms. The Morgan fingerprint density at radius 1 is 1.00 bits per heavy atom. The van der Waals surface area contributed by atoms with Crippen LogP contribution in [-0.2, 0) is 13.6 Å². The smallest absolute Gasteiger partial charge is 0.304 e. The summed E-state index contributed by atoms with van der Waals surface area (Å²) in [5.41, 5.74) is 0. The van der Waals surface area contributed by atoms with Crippen LogP contribution in [0, 0.1) is 0 Å². The molecule has 0 saturated heterocycles. The average Bonchev–Trinajstić information content (AvgIpc) is 2.21. The molecule has 116 valence electrons. The molecule has 0 aromatic rings. The van der Waals surface area contributed by atoms with Crippen molar-refractivity contribution in [2.45, 2.75) is 83.0 Å². The molecule has 0 aromatic carbocycles. The van der Waals surface area contributed by atoms with E-state index in [9.17, 15) is 4.57 Å². The van der Waals surface area contributed by atoms with Crippen LogP contribution in [0.25, 0.3) is 0 Å². The minimum atomic E-state index is -3.55. The van der Waals surface area contributed by atoms with E-state index in [1.807, 2.05) is 0 Å². The van der Waals surface area contributed by atoms with Crippen molar-refractivity contribution >= 4 is 30.8 Å². The molecule has 0 saturated carbocycles. The van der Waals surface area contributed by atoms with Crippen molar-refractivity contribution in [1.82, 2.24) is 0 Å². The Labute approximate surface area is 127 Å². The van der Waals surface area contributed by atoms with Crippen LogP contribution in [0.4, 0.5) is 0 Å². The first-order valence-corrected chi connectivity index (χ1v) is 9.29. The third-order valence-electron chi connectivity index (χ3n) is 2.43. The van der Waals surface area contributed by atoms with Gasteiger partial charge in [0.2, 0.25) is 4.07 Å². The van der Waals surface area contributed by atoms with Gasteiger partial charge in [0.05, 0.1) is 12.2 Å². The van der Waals surface area contributed by atoms with Gasteiger partial charge in [0.15, 0.2) is 0 Å². The molecule has 0 aliphatic rings. The highest BCUT2D eigenvalue weighted by Gasteiger charge is 2.49. The first-order chi connectivity index (χ1) is 8.64. The normalized spacial score (nSPS) is 13.5. The predicted octanol–water partition coefficient (Wildman–Crippen LogP) is 6.13. The van der Waals surface area contributed by atoms with E-state index in [-0.39, 0.29) is 12.2 Å². The zero-order valence-corrected chi connectivity index (χ0v) is 15.0. The van der Waals surface area contributed by atoms with Crippen LogP contribution in [0.3, 0.4) is 0 Å². The number of halogens is 2. The first-order valence-electron chi connectivity index (χ1n) is 6.99. The monoisotopic (exact) mass is 332 g/mol. The highest BCUT2D eigenvalue weighted by Crippen LogP contribution is 2.67. The lowest BCUT2D eigenvalue weighted by Crippen LogP contribution is -2.22. The third-order valence-corrected chi connectivity index (χ3v) is 6.47. The lowest BCUT2D eigenvalue weighted by molar-refractivity contribution is 0.137. The van der Waals surface area contributed by atoms with Gasteiger partial charge in [-0.1, -0.05) is 49.4 Å². The molecule has 3 nitrogen and oxygen atoms in total. The van der Waals surface area contributed by atoms with Crippen LogP contribution in [0.1, 0.15) is 66.7 Å². The molecule has 0 aliphatic heterocycles. The summed E-state index contributed by atoms with van der Waals surface area (Å²) < 4.78 is 22.2. The Bertz CT molecular complexity index is 280. The maximum atomic E-state index is 12.8. The molecule has 19 heavy (non-hydrogen) atoms. The Balaban J connectivity index is 4.75. The van der Waals surface area contributed by atoms with Crippen LogP contribution in [0.5, 0.6) is 0 Å². The van der Waals surface area contributed by atoms with Crippen molar-refractivity contribution in [2.24, 2.45) is 0 Å². The van der Waals surface area contributed by atoms with E-state index in [0.29, 0.717) is 6.42 Å². The van der Waals surface area contributed by atoms with Gasteiger partial charge < -0.3 is 9.05 Å². The number of hydrogen-bond acceptors (Lipinski definition) is 3. The second-order valence-corrected chi connectivity index (χ2v) is 9.47.